The van der Waals surface area contributed by atoms with E-state index in [9.17, 15) is 9.59 Å². The number of aromatic nitrogens is 5. The molecule has 3 aromatic heterocycles. The average molecular weight is 398 g/mol. The smallest absolute Gasteiger partial charge is 0.267 e. The molecule has 8 heteroatoms. The molecule has 0 unspecified atom stereocenters. The zero-order valence-electron chi connectivity index (χ0n) is 17.0. The van der Waals surface area contributed by atoms with Crippen molar-refractivity contribution in [2.24, 2.45) is 0 Å². The molecular formula is C22H18N6O2. The lowest BCUT2D eigenvalue weighted by molar-refractivity contribution is 0.0926. The highest BCUT2D eigenvalue weighted by Gasteiger charge is 2.40. The second-order valence-electron chi connectivity index (χ2n) is 7.48. The first kappa shape index (κ1) is 18.1. The van der Waals surface area contributed by atoms with Crippen LogP contribution in [0, 0.1) is 27.7 Å². The number of imide groups is 1. The average Bonchev–Trinajstić information content (AvgIpc) is 3.15. The third kappa shape index (κ3) is 2.53. The first-order valence-corrected chi connectivity index (χ1v) is 9.51. The molecule has 30 heavy (non-hydrogen) atoms. The lowest BCUT2D eigenvalue weighted by Crippen LogP contribution is -2.29. The summed E-state index contributed by atoms with van der Waals surface area (Å²) in [6.07, 6.45) is 1.44. The summed E-state index contributed by atoms with van der Waals surface area (Å²) >= 11 is 0. The predicted octanol–water partition coefficient (Wildman–Crippen LogP) is 3.24. The van der Waals surface area contributed by atoms with E-state index in [4.69, 9.17) is 0 Å². The maximum atomic E-state index is 13.3. The number of benzene rings is 1. The van der Waals surface area contributed by atoms with E-state index in [0.29, 0.717) is 33.9 Å². The maximum absolute atomic E-state index is 13.3. The summed E-state index contributed by atoms with van der Waals surface area (Å²) in [6.45, 7) is 7.46. The number of rotatable bonds is 2. The van der Waals surface area contributed by atoms with Crippen molar-refractivity contribution in [3.63, 3.8) is 0 Å². The van der Waals surface area contributed by atoms with Gasteiger partial charge in [0.2, 0.25) is 0 Å². The standard InChI is InChI=1S/C22H18N6O2/c1-11-6-5-7-15(8-11)27-20(29)16-10-23-19-17(18(16)21(27)30)14(4)26-28(19)22-24-12(2)9-13(3)25-22/h5-10H,1-4H3. The van der Waals surface area contributed by atoms with Gasteiger partial charge < -0.3 is 0 Å². The molecule has 0 atom stereocenters. The Morgan fingerprint density at radius 2 is 1.63 bits per heavy atom. The van der Waals surface area contributed by atoms with E-state index < -0.39 is 0 Å². The zero-order valence-corrected chi connectivity index (χ0v) is 17.0. The van der Waals surface area contributed by atoms with E-state index in [1.807, 2.05) is 45.0 Å². The van der Waals surface area contributed by atoms with Crippen LogP contribution >= 0.6 is 0 Å². The largest absolute Gasteiger partial charge is 0.268 e. The van der Waals surface area contributed by atoms with E-state index in [1.165, 1.54) is 15.8 Å². The molecule has 0 radical (unpaired) electrons. The number of nitrogens with zero attached hydrogens (tertiary/aromatic N) is 6. The number of hydrogen-bond donors (Lipinski definition) is 0. The lowest BCUT2D eigenvalue weighted by atomic mass is 10.1. The van der Waals surface area contributed by atoms with Gasteiger partial charge in [-0.15, -0.1) is 0 Å². The third-order valence-corrected chi connectivity index (χ3v) is 5.14. The van der Waals surface area contributed by atoms with Crippen molar-refractivity contribution in [3.8, 4) is 5.95 Å². The number of fused-ring (bicyclic) bond motifs is 3. The van der Waals surface area contributed by atoms with Crippen LogP contribution in [-0.2, 0) is 0 Å². The summed E-state index contributed by atoms with van der Waals surface area (Å²) in [6, 6.07) is 9.17. The van der Waals surface area contributed by atoms with Crippen molar-refractivity contribution in [1.82, 2.24) is 24.7 Å². The third-order valence-electron chi connectivity index (χ3n) is 5.14. The molecule has 148 valence electrons. The Bertz CT molecular complexity index is 1370. The van der Waals surface area contributed by atoms with Gasteiger partial charge in [0.15, 0.2) is 5.65 Å². The Hall–Kier alpha value is -3.94. The fourth-order valence-electron chi connectivity index (χ4n) is 3.90. The van der Waals surface area contributed by atoms with Gasteiger partial charge in [0.05, 0.1) is 27.9 Å². The molecule has 1 aromatic carbocycles. The predicted molar refractivity (Wildman–Crippen MR) is 111 cm³/mol. The van der Waals surface area contributed by atoms with Gasteiger partial charge in [0.25, 0.3) is 17.8 Å². The van der Waals surface area contributed by atoms with Gasteiger partial charge in [-0.1, -0.05) is 12.1 Å². The van der Waals surface area contributed by atoms with Gasteiger partial charge in [-0.25, -0.2) is 19.9 Å². The molecule has 0 fully saturated rings. The molecular weight excluding hydrogens is 380 g/mol. The minimum Gasteiger partial charge on any atom is -0.268 e. The summed E-state index contributed by atoms with van der Waals surface area (Å²) < 4.78 is 1.53. The van der Waals surface area contributed by atoms with E-state index in [2.05, 4.69) is 20.1 Å². The molecule has 0 saturated heterocycles. The van der Waals surface area contributed by atoms with Gasteiger partial charge in [-0.05, 0) is 51.5 Å². The monoisotopic (exact) mass is 398 g/mol. The lowest BCUT2D eigenvalue weighted by Gasteiger charge is -2.14. The van der Waals surface area contributed by atoms with Crippen LogP contribution in [0.3, 0.4) is 0 Å². The number of carbonyl (C=O) groups is 2. The summed E-state index contributed by atoms with van der Waals surface area (Å²) in [7, 11) is 0. The number of amides is 2. The summed E-state index contributed by atoms with van der Waals surface area (Å²) in [5.41, 5.74) is 4.74. The second kappa shape index (κ2) is 6.28. The van der Waals surface area contributed by atoms with E-state index in [1.54, 1.807) is 13.0 Å². The van der Waals surface area contributed by atoms with Crippen LogP contribution in [0.4, 0.5) is 5.69 Å². The maximum Gasteiger partial charge on any atom is 0.267 e. The van der Waals surface area contributed by atoms with Crippen LogP contribution in [0.2, 0.25) is 0 Å². The highest BCUT2D eigenvalue weighted by Crippen LogP contribution is 2.34. The molecule has 2 amide bonds. The number of hydrogen-bond acceptors (Lipinski definition) is 6. The van der Waals surface area contributed by atoms with Gasteiger partial charge in [0.1, 0.15) is 0 Å². The Labute approximate surface area is 172 Å². The van der Waals surface area contributed by atoms with Crippen molar-refractivity contribution in [3.05, 3.63) is 70.3 Å². The van der Waals surface area contributed by atoms with Crippen LogP contribution in [0.5, 0.6) is 0 Å². The Morgan fingerprint density at radius 1 is 0.900 bits per heavy atom. The first-order chi connectivity index (χ1) is 14.3. The zero-order chi connectivity index (χ0) is 21.2. The van der Waals surface area contributed by atoms with Crippen molar-refractivity contribution < 1.29 is 9.59 Å². The molecule has 0 N–H and O–H groups in total. The van der Waals surface area contributed by atoms with Gasteiger partial charge in [-0.3, -0.25) is 9.59 Å². The molecule has 5 rings (SSSR count). The van der Waals surface area contributed by atoms with Crippen LogP contribution < -0.4 is 4.90 Å². The Kier molecular flexibility index (Phi) is 3.79. The molecule has 0 saturated carbocycles. The summed E-state index contributed by atoms with van der Waals surface area (Å²) in [4.78, 5) is 41.0. The van der Waals surface area contributed by atoms with E-state index in [0.717, 1.165) is 17.0 Å². The molecule has 0 bridgehead atoms. The summed E-state index contributed by atoms with van der Waals surface area (Å²) in [5, 5.41) is 5.08. The van der Waals surface area contributed by atoms with Crippen molar-refractivity contribution >= 4 is 28.5 Å². The van der Waals surface area contributed by atoms with Crippen LogP contribution in [-0.4, -0.2) is 36.5 Å². The first-order valence-electron chi connectivity index (χ1n) is 9.51. The van der Waals surface area contributed by atoms with Crippen molar-refractivity contribution in [1.29, 1.82) is 0 Å². The second-order valence-corrected chi connectivity index (χ2v) is 7.48. The fourth-order valence-corrected chi connectivity index (χ4v) is 3.90. The van der Waals surface area contributed by atoms with Crippen LogP contribution in [0.25, 0.3) is 17.0 Å². The highest BCUT2D eigenvalue weighted by molar-refractivity contribution is 6.37. The van der Waals surface area contributed by atoms with Crippen molar-refractivity contribution in [2.75, 3.05) is 4.90 Å². The number of aryl methyl sites for hydroxylation is 4. The van der Waals surface area contributed by atoms with E-state index >= 15 is 0 Å². The molecule has 0 spiro atoms. The fraction of sp³-hybridized carbons (Fsp3) is 0.182. The topological polar surface area (TPSA) is 93.9 Å². The van der Waals surface area contributed by atoms with Gasteiger partial charge >= 0.3 is 0 Å². The highest BCUT2D eigenvalue weighted by atomic mass is 16.2. The molecule has 4 aromatic rings. The quantitative estimate of drug-likeness (QED) is 0.481. The summed E-state index contributed by atoms with van der Waals surface area (Å²) in [5.74, 6) is -0.382. The molecule has 4 heterocycles. The Morgan fingerprint density at radius 3 is 2.33 bits per heavy atom. The minimum absolute atomic E-state index is 0.276. The number of anilines is 1. The molecule has 0 aliphatic carbocycles. The normalized spacial score (nSPS) is 13.4. The van der Waals surface area contributed by atoms with Crippen molar-refractivity contribution in [2.45, 2.75) is 27.7 Å². The number of carbonyl (C=O) groups excluding carboxylic acids is 2. The van der Waals surface area contributed by atoms with Gasteiger partial charge in [0, 0.05) is 17.6 Å². The number of pyridine rings is 1. The molecule has 1 aliphatic heterocycles. The Balaban J connectivity index is 1.73. The van der Waals surface area contributed by atoms with Gasteiger partial charge in [-0.2, -0.15) is 9.78 Å². The minimum atomic E-state index is -0.384. The van der Waals surface area contributed by atoms with Crippen LogP contribution in [0.1, 0.15) is 43.4 Å². The van der Waals surface area contributed by atoms with E-state index in [-0.39, 0.29) is 17.4 Å². The molecule has 1 aliphatic rings. The molecule has 8 nitrogen and oxygen atoms in total. The SMILES string of the molecule is Cc1cccc(N2C(=O)c3cnc4c(c(C)nn4-c4nc(C)cc(C)n4)c3C2=O)c1. The van der Waals surface area contributed by atoms with Crippen LogP contribution in [0.15, 0.2) is 36.5 Å².